The third-order valence-corrected chi connectivity index (χ3v) is 2.19. The first-order valence-corrected chi connectivity index (χ1v) is 4.98. The van der Waals surface area contributed by atoms with Crippen molar-refractivity contribution in [1.29, 1.82) is 0 Å². The van der Waals surface area contributed by atoms with Crippen LogP contribution in [-0.4, -0.2) is 14.8 Å². The number of rotatable bonds is 2. The number of anilines is 1. The Morgan fingerprint density at radius 3 is 2.62 bits per heavy atom. The lowest BCUT2D eigenvalue weighted by molar-refractivity contribution is 0.417. The van der Waals surface area contributed by atoms with E-state index in [0.717, 1.165) is 11.4 Å². The highest BCUT2D eigenvalue weighted by Crippen LogP contribution is 2.25. The van der Waals surface area contributed by atoms with Crippen molar-refractivity contribution in [2.75, 3.05) is 5.73 Å². The Morgan fingerprint density at radius 2 is 2.00 bits per heavy atom. The number of aryl methyl sites for hydroxylation is 3. The van der Waals surface area contributed by atoms with Crippen molar-refractivity contribution in [3.8, 4) is 11.8 Å². The third kappa shape index (κ3) is 1.98. The van der Waals surface area contributed by atoms with Crippen molar-refractivity contribution >= 4 is 5.69 Å². The first-order chi connectivity index (χ1) is 7.56. The van der Waals surface area contributed by atoms with Gasteiger partial charge in [-0.1, -0.05) is 0 Å². The van der Waals surface area contributed by atoms with Crippen LogP contribution in [0.3, 0.4) is 0 Å². The summed E-state index contributed by atoms with van der Waals surface area (Å²) in [4.78, 5) is 4.23. The smallest absolute Gasteiger partial charge is 0.244 e. The van der Waals surface area contributed by atoms with Gasteiger partial charge in [0.15, 0.2) is 0 Å². The average Bonchev–Trinajstić information content (AvgIpc) is 2.51. The molecule has 0 atom stereocenters. The minimum atomic E-state index is 0.419. The summed E-state index contributed by atoms with van der Waals surface area (Å²) in [5, 5.41) is 4.18. The van der Waals surface area contributed by atoms with Crippen molar-refractivity contribution in [2.45, 2.75) is 13.8 Å². The van der Waals surface area contributed by atoms with Crippen LogP contribution in [0.25, 0.3) is 0 Å². The zero-order valence-corrected chi connectivity index (χ0v) is 9.56. The summed E-state index contributed by atoms with van der Waals surface area (Å²) in [5.41, 5.74) is 8.05. The highest BCUT2D eigenvalue weighted by atomic mass is 16.5. The summed E-state index contributed by atoms with van der Waals surface area (Å²) in [5.74, 6) is 1.05. The van der Waals surface area contributed by atoms with Crippen LogP contribution >= 0.6 is 0 Å². The largest absolute Gasteiger partial charge is 0.419 e. The molecule has 0 aliphatic heterocycles. The maximum atomic E-state index is 5.78. The van der Waals surface area contributed by atoms with Gasteiger partial charge in [-0.15, -0.1) is 0 Å². The van der Waals surface area contributed by atoms with Crippen LogP contribution in [0.5, 0.6) is 11.8 Å². The van der Waals surface area contributed by atoms with E-state index in [1.165, 1.54) is 0 Å². The van der Waals surface area contributed by atoms with Crippen molar-refractivity contribution < 1.29 is 4.74 Å². The van der Waals surface area contributed by atoms with E-state index >= 15 is 0 Å². The van der Waals surface area contributed by atoms with Gasteiger partial charge in [0.2, 0.25) is 11.8 Å². The van der Waals surface area contributed by atoms with Gasteiger partial charge in [0.1, 0.15) is 0 Å². The van der Waals surface area contributed by atoms with Crippen LogP contribution in [0.2, 0.25) is 0 Å². The Bertz CT molecular complexity index is 519. The second kappa shape index (κ2) is 3.84. The van der Waals surface area contributed by atoms with Gasteiger partial charge < -0.3 is 10.5 Å². The molecule has 16 heavy (non-hydrogen) atoms. The van der Waals surface area contributed by atoms with E-state index in [9.17, 15) is 0 Å². The summed E-state index contributed by atoms with van der Waals surface area (Å²) in [7, 11) is 1.81. The first-order valence-electron chi connectivity index (χ1n) is 4.98. The lowest BCUT2D eigenvalue weighted by Crippen LogP contribution is -2.00. The molecule has 0 spiro atoms. The molecule has 2 aromatic rings. The number of nitrogen functional groups attached to an aromatic ring is 1. The number of hydrogen-bond acceptors (Lipinski definition) is 4. The van der Waals surface area contributed by atoms with E-state index < -0.39 is 0 Å². The maximum Gasteiger partial charge on any atom is 0.244 e. The second-order valence-corrected chi connectivity index (χ2v) is 3.70. The molecular formula is C11H14N4O. The molecule has 5 heteroatoms. The molecule has 0 saturated heterocycles. The summed E-state index contributed by atoms with van der Waals surface area (Å²) < 4.78 is 7.26. The van der Waals surface area contributed by atoms with Crippen LogP contribution in [0, 0.1) is 13.8 Å². The SMILES string of the molecule is Cc1ccc(N)c(Oc2cc(C)nn2C)n1. The average molecular weight is 218 g/mol. The van der Waals surface area contributed by atoms with Crippen molar-refractivity contribution in [3.05, 3.63) is 29.6 Å². The molecule has 0 bridgehead atoms. The van der Waals surface area contributed by atoms with Crippen LogP contribution in [0.15, 0.2) is 18.2 Å². The predicted octanol–water partition coefficient (Wildman–Crippen LogP) is 1.81. The maximum absolute atomic E-state index is 5.78. The van der Waals surface area contributed by atoms with Gasteiger partial charge in [0, 0.05) is 18.8 Å². The Labute approximate surface area is 93.9 Å². The van der Waals surface area contributed by atoms with Gasteiger partial charge in [-0.25, -0.2) is 9.67 Å². The van der Waals surface area contributed by atoms with E-state index in [2.05, 4.69) is 10.1 Å². The Hall–Kier alpha value is -2.04. The third-order valence-electron chi connectivity index (χ3n) is 2.19. The van der Waals surface area contributed by atoms with Crippen molar-refractivity contribution in [1.82, 2.24) is 14.8 Å². The monoisotopic (exact) mass is 218 g/mol. The van der Waals surface area contributed by atoms with Crippen LogP contribution in [0.1, 0.15) is 11.4 Å². The predicted molar refractivity (Wildman–Crippen MR) is 61.4 cm³/mol. The molecule has 0 aliphatic carbocycles. The van der Waals surface area contributed by atoms with Crippen molar-refractivity contribution in [2.24, 2.45) is 7.05 Å². The fraction of sp³-hybridized carbons (Fsp3) is 0.273. The van der Waals surface area contributed by atoms with Gasteiger partial charge in [-0.3, -0.25) is 0 Å². The van der Waals surface area contributed by atoms with E-state index in [4.69, 9.17) is 10.5 Å². The lowest BCUT2D eigenvalue weighted by Gasteiger charge is -2.07. The summed E-state index contributed by atoms with van der Waals surface area (Å²) in [6.45, 7) is 3.79. The van der Waals surface area contributed by atoms with Crippen LogP contribution in [-0.2, 0) is 7.05 Å². The van der Waals surface area contributed by atoms with Gasteiger partial charge in [0.05, 0.1) is 11.4 Å². The Kier molecular flexibility index (Phi) is 2.52. The molecule has 2 rings (SSSR count). The topological polar surface area (TPSA) is 66.0 Å². The second-order valence-electron chi connectivity index (χ2n) is 3.70. The molecule has 0 amide bonds. The lowest BCUT2D eigenvalue weighted by atomic mass is 10.3. The summed E-state index contributed by atoms with van der Waals surface area (Å²) >= 11 is 0. The van der Waals surface area contributed by atoms with E-state index in [1.54, 1.807) is 10.7 Å². The Balaban J connectivity index is 2.33. The van der Waals surface area contributed by atoms with Gasteiger partial charge >= 0.3 is 0 Å². The molecule has 2 aromatic heterocycles. The molecule has 5 nitrogen and oxygen atoms in total. The molecular weight excluding hydrogens is 204 g/mol. The number of ether oxygens (including phenoxy) is 1. The van der Waals surface area contributed by atoms with Gasteiger partial charge in [-0.2, -0.15) is 5.10 Å². The van der Waals surface area contributed by atoms with E-state index in [1.807, 2.05) is 33.0 Å². The molecule has 2 heterocycles. The number of nitrogens with two attached hydrogens (primary N) is 1. The van der Waals surface area contributed by atoms with Gasteiger partial charge in [0.25, 0.3) is 0 Å². The quantitative estimate of drug-likeness (QED) is 0.834. The minimum absolute atomic E-state index is 0.419. The highest BCUT2D eigenvalue weighted by Gasteiger charge is 2.08. The molecule has 2 N–H and O–H groups in total. The Morgan fingerprint density at radius 1 is 1.25 bits per heavy atom. The molecule has 0 saturated carbocycles. The first kappa shape index (κ1) is 10.5. The standard InChI is InChI=1S/C11H14N4O/c1-7-4-5-9(12)11(13-7)16-10-6-8(2)14-15(10)3/h4-6H,12H2,1-3H3. The molecule has 0 unspecified atom stereocenters. The number of aromatic nitrogens is 3. The normalized spacial score (nSPS) is 10.4. The highest BCUT2D eigenvalue weighted by molar-refractivity contribution is 5.49. The molecule has 0 aliphatic rings. The number of pyridine rings is 1. The fourth-order valence-corrected chi connectivity index (χ4v) is 1.41. The fourth-order valence-electron chi connectivity index (χ4n) is 1.41. The molecule has 0 fully saturated rings. The zero-order chi connectivity index (χ0) is 11.7. The van der Waals surface area contributed by atoms with Crippen LogP contribution in [0.4, 0.5) is 5.69 Å². The summed E-state index contributed by atoms with van der Waals surface area (Å²) in [6.07, 6.45) is 0. The van der Waals surface area contributed by atoms with Crippen LogP contribution < -0.4 is 10.5 Å². The molecule has 0 aromatic carbocycles. The van der Waals surface area contributed by atoms with Crippen molar-refractivity contribution in [3.63, 3.8) is 0 Å². The van der Waals surface area contributed by atoms with E-state index in [0.29, 0.717) is 17.4 Å². The van der Waals surface area contributed by atoms with E-state index in [-0.39, 0.29) is 0 Å². The number of hydrogen-bond donors (Lipinski definition) is 1. The van der Waals surface area contributed by atoms with Gasteiger partial charge in [-0.05, 0) is 26.0 Å². The summed E-state index contributed by atoms with van der Waals surface area (Å²) in [6, 6.07) is 5.46. The molecule has 84 valence electrons. The zero-order valence-electron chi connectivity index (χ0n) is 9.56. The molecule has 0 radical (unpaired) electrons. The number of nitrogens with zero attached hydrogens (tertiary/aromatic N) is 3. The minimum Gasteiger partial charge on any atom is -0.419 e.